The van der Waals surface area contributed by atoms with Gasteiger partial charge in [0.05, 0.1) is 6.54 Å². The summed E-state index contributed by atoms with van der Waals surface area (Å²) in [6.07, 6.45) is 3.27. The van der Waals surface area contributed by atoms with Crippen LogP contribution in [-0.2, 0) is 6.54 Å². The minimum Gasteiger partial charge on any atom is -0.385 e. The Morgan fingerprint density at radius 1 is 1.27 bits per heavy atom. The molecule has 0 aliphatic rings. The van der Waals surface area contributed by atoms with Crippen LogP contribution >= 0.6 is 0 Å². The summed E-state index contributed by atoms with van der Waals surface area (Å²) in [5, 5.41) is 7.32. The average molecular weight is 202 g/mol. The van der Waals surface area contributed by atoms with Crippen LogP contribution in [0.3, 0.4) is 0 Å². The largest absolute Gasteiger partial charge is 0.385 e. The van der Waals surface area contributed by atoms with E-state index in [1.54, 1.807) is 12.7 Å². The third-order valence-corrected chi connectivity index (χ3v) is 2.15. The first-order chi connectivity index (χ1) is 7.38. The normalized spacial score (nSPS) is 10.2. The highest BCUT2D eigenvalue weighted by Crippen LogP contribution is 2.09. The lowest BCUT2D eigenvalue weighted by Gasteiger charge is -2.05. The monoisotopic (exact) mass is 202 g/mol. The topological polar surface area (TPSA) is 42.7 Å². The van der Waals surface area contributed by atoms with E-state index in [4.69, 9.17) is 0 Å². The van der Waals surface area contributed by atoms with E-state index in [-0.39, 0.29) is 0 Å². The zero-order valence-electron chi connectivity index (χ0n) is 8.72. The highest BCUT2D eigenvalue weighted by Gasteiger charge is 1.95. The summed E-state index contributed by atoms with van der Waals surface area (Å²) >= 11 is 0. The molecule has 1 heterocycles. The maximum absolute atomic E-state index is 4.06. The van der Waals surface area contributed by atoms with Gasteiger partial charge in [-0.2, -0.15) is 5.10 Å². The zero-order chi connectivity index (χ0) is 10.5. The second kappa shape index (κ2) is 4.59. The molecule has 1 aromatic carbocycles. The van der Waals surface area contributed by atoms with Crippen LogP contribution < -0.4 is 5.32 Å². The fraction of sp³-hybridized carbons (Fsp3) is 0.273. The molecule has 0 bridgehead atoms. The predicted octanol–water partition coefficient (Wildman–Crippen LogP) is 1.76. The van der Waals surface area contributed by atoms with Gasteiger partial charge in [-0.1, -0.05) is 12.1 Å². The van der Waals surface area contributed by atoms with Gasteiger partial charge in [0.1, 0.15) is 12.7 Å². The molecular weight excluding hydrogens is 188 g/mol. The van der Waals surface area contributed by atoms with E-state index in [9.17, 15) is 0 Å². The number of hydrogen-bond acceptors (Lipinski definition) is 3. The summed E-state index contributed by atoms with van der Waals surface area (Å²) in [4.78, 5) is 3.90. The van der Waals surface area contributed by atoms with Crippen LogP contribution in [0.2, 0.25) is 0 Å². The fourth-order valence-electron chi connectivity index (χ4n) is 1.43. The molecule has 0 amide bonds. The number of nitrogens with one attached hydrogen (secondary N) is 1. The summed E-state index contributed by atoms with van der Waals surface area (Å²) < 4.78 is 1.81. The maximum Gasteiger partial charge on any atom is 0.137 e. The van der Waals surface area contributed by atoms with Crippen LogP contribution in [0, 0.1) is 0 Å². The molecule has 0 atom stereocenters. The summed E-state index contributed by atoms with van der Waals surface area (Å²) in [5.41, 5.74) is 2.38. The quantitative estimate of drug-likeness (QED) is 0.821. The molecule has 0 saturated heterocycles. The van der Waals surface area contributed by atoms with Gasteiger partial charge in [0, 0.05) is 12.2 Å². The Hall–Kier alpha value is -1.84. The van der Waals surface area contributed by atoms with E-state index < -0.39 is 0 Å². The van der Waals surface area contributed by atoms with Crippen molar-refractivity contribution in [3.05, 3.63) is 42.5 Å². The first-order valence-electron chi connectivity index (χ1n) is 5.03. The molecule has 0 saturated carbocycles. The summed E-state index contributed by atoms with van der Waals surface area (Å²) in [6, 6.07) is 8.35. The molecule has 0 fully saturated rings. The van der Waals surface area contributed by atoms with Crippen LogP contribution in [-0.4, -0.2) is 21.3 Å². The SMILES string of the molecule is CCNc1ccc(Cn2cncn2)cc1. The van der Waals surface area contributed by atoms with Crippen molar-refractivity contribution in [2.45, 2.75) is 13.5 Å². The number of benzene rings is 1. The molecule has 78 valence electrons. The van der Waals surface area contributed by atoms with Gasteiger partial charge >= 0.3 is 0 Å². The van der Waals surface area contributed by atoms with Gasteiger partial charge in [0.15, 0.2) is 0 Å². The lowest BCUT2D eigenvalue weighted by atomic mass is 10.2. The van der Waals surface area contributed by atoms with Gasteiger partial charge in [0.2, 0.25) is 0 Å². The minimum atomic E-state index is 0.770. The van der Waals surface area contributed by atoms with Gasteiger partial charge < -0.3 is 5.32 Å². The molecule has 0 aliphatic carbocycles. The zero-order valence-corrected chi connectivity index (χ0v) is 8.72. The third-order valence-electron chi connectivity index (χ3n) is 2.15. The number of anilines is 1. The second-order valence-corrected chi connectivity index (χ2v) is 3.32. The van der Waals surface area contributed by atoms with E-state index in [0.717, 1.165) is 18.8 Å². The Morgan fingerprint density at radius 2 is 2.07 bits per heavy atom. The van der Waals surface area contributed by atoms with Gasteiger partial charge in [-0.15, -0.1) is 0 Å². The van der Waals surface area contributed by atoms with Crippen molar-refractivity contribution in [3.63, 3.8) is 0 Å². The van der Waals surface area contributed by atoms with Crippen LogP contribution in [0.4, 0.5) is 5.69 Å². The number of rotatable bonds is 4. The molecule has 2 rings (SSSR count). The van der Waals surface area contributed by atoms with Crippen molar-refractivity contribution in [2.75, 3.05) is 11.9 Å². The highest BCUT2D eigenvalue weighted by molar-refractivity contribution is 5.44. The number of hydrogen-bond donors (Lipinski definition) is 1. The Labute approximate surface area is 89.0 Å². The van der Waals surface area contributed by atoms with Gasteiger partial charge in [0.25, 0.3) is 0 Å². The molecular formula is C11H14N4. The van der Waals surface area contributed by atoms with Crippen molar-refractivity contribution in [2.24, 2.45) is 0 Å². The van der Waals surface area contributed by atoms with Gasteiger partial charge in [-0.3, -0.25) is 0 Å². The third kappa shape index (κ3) is 2.56. The first-order valence-corrected chi connectivity index (χ1v) is 5.03. The highest BCUT2D eigenvalue weighted by atomic mass is 15.3. The van der Waals surface area contributed by atoms with Crippen molar-refractivity contribution < 1.29 is 0 Å². The Morgan fingerprint density at radius 3 is 2.67 bits per heavy atom. The van der Waals surface area contributed by atoms with E-state index >= 15 is 0 Å². The number of aromatic nitrogens is 3. The fourth-order valence-corrected chi connectivity index (χ4v) is 1.43. The van der Waals surface area contributed by atoms with Gasteiger partial charge in [-0.05, 0) is 24.6 Å². The van der Waals surface area contributed by atoms with Crippen LogP contribution in [0.1, 0.15) is 12.5 Å². The molecule has 4 nitrogen and oxygen atoms in total. The van der Waals surface area contributed by atoms with Crippen molar-refractivity contribution in [1.82, 2.24) is 14.8 Å². The summed E-state index contributed by atoms with van der Waals surface area (Å²) in [5.74, 6) is 0. The molecule has 1 aromatic heterocycles. The van der Waals surface area contributed by atoms with E-state index in [1.165, 1.54) is 5.56 Å². The van der Waals surface area contributed by atoms with Crippen molar-refractivity contribution >= 4 is 5.69 Å². The van der Waals surface area contributed by atoms with Crippen molar-refractivity contribution in [1.29, 1.82) is 0 Å². The molecule has 0 aliphatic heterocycles. The van der Waals surface area contributed by atoms with Crippen LogP contribution in [0.25, 0.3) is 0 Å². The Kier molecular flexibility index (Phi) is 2.97. The smallest absolute Gasteiger partial charge is 0.137 e. The molecule has 0 radical (unpaired) electrons. The molecule has 2 aromatic rings. The standard InChI is InChI=1S/C11H14N4/c1-2-13-11-5-3-10(4-6-11)7-15-9-12-8-14-15/h3-6,8-9,13H,2,7H2,1H3. The molecule has 0 unspecified atom stereocenters. The van der Waals surface area contributed by atoms with Crippen LogP contribution in [0.15, 0.2) is 36.9 Å². The summed E-state index contributed by atoms with van der Waals surface area (Å²) in [6.45, 7) is 3.80. The van der Waals surface area contributed by atoms with E-state index in [1.807, 2.05) is 4.68 Å². The minimum absolute atomic E-state index is 0.770. The van der Waals surface area contributed by atoms with Gasteiger partial charge in [-0.25, -0.2) is 9.67 Å². The predicted molar refractivity (Wildman–Crippen MR) is 59.7 cm³/mol. The molecule has 15 heavy (non-hydrogen) atoms. The van der Waals surface area contributed by atoms with E-state index in [0.29, 0.717) is 0 Å². The average Bonchev–Trinajstić information content (AvgIpc) is 2.74. The number of nitrogens with zero attached hydrogens (tertiary/aromatic N) is 3. The molecule has 1 N–H and O–H groups in total. The van der Waals surface area contributed by atoms with Crippen LogP contribution in [0.5, 0.6) is 0 Å². The Balaban J connectivity index is 2.04. The first kappa shape index (κ1) is 9.71. The maximum atomic E-state index is 4.06. The molecule has 4 heteroatoms. The lowest BCUT2D eigenvalue weighted by molar-refractivity contribution is 0.685. The molecule has 0 spiro atoms. The summed E-state index contributed by atoms with van der Waals surface area (Å²) in [7, 11) is 0. The van der Waals surface area contributed by atoms with Crippen molar-refractivity contribution in [3.8, 4) is 0 Å². The van der Waals surface area contributed by atoms with E-state index in [2.05, 4.69) is 46.6 Å². The second-order valence-electron chi connectivity index (χ2n) is 3.32. The lowest BCUT2D eigenvalue weighted by Crippen LogP contribution is -2.00. The Bertz CT molecular complexity index is 391.